The number of nitrogens with one attached hydrogen (secondary N) is 1. The molecule has 0 heterocycles. The van der Waals surface area contributed by atoms with E-state index in [2.05, 4.69) is 19.2 Å². The summed E-state index contributed by atoms with van der Waals surface area (Å²) in [7, 11) is 0. The molecule has 1 atom stereocenters. The van der Waals surface area contributed by atoms with E-state index in [4.69, 9.17) is 0 Å². The Morgan fingerprint density at radius 2 is 1.83 bits per heavy atom. The molecule has 0 aromatic heterocycles. The van der Waals surface area contributed by atoms with Gasteiger partial charge in [-0.25, -0.2) is 0 Å². The van der Waals surface area contributed by atoms with Gasteiger partial charge in [-0.1, -0.05) is 31.5 Å². The third-order valence-corrected chi connectivity index (χ3v) is 5.11. The molecule has 0 aliphatic heterocycles. The summed E-state index contributed by atoms with van der Waals surface area (Å²) in [6.45, 7) is 8.99. The maximum Gasteiger partial charge on any atom is 0.235 e. The van der Waals surface area contributed by atoms with Crippen molar-refractivity contribution in [3.05, 3.63) is 29.8 Å². The van der Waals surface area contributed by atoms with Crippen LogP contribution in [0.1, 0.15) is 39.2 Å². The SMILES string of the molecule is Cc1ccc(NC(=O)CSC(C)C(=O)N(CC(C)C)C2CC2)cc1. The van der Waals surface area contributed by atoms with Crippen molar-refractivity contribution in [2.75, 3.05) is 17.6 Å². The summed E-state index contributed by atoms with van der Waals surface area (Å²) in [5.41, 5.74) is 1.96. The average Bonchev–Trinajstić information content (AvgIpc) is 3.36. The van der Waals surface area contributed by atoms with E-state index >= 15 is 0 Å². The van der Waals surface area contributed by atoms with Crippen LogP contribution in [0.2, 0.25) is 0 Å². The molecule has 1 aliphatic carbocycles. The standard InChI is InChI=1S/C19H28N2O2S/c1-13(2)11-21(17-9-10-17)19(23)15(4)24-12-18(22)20-16-7-5-14(3)6-8-16/h5-8,13,15,17H,9-12H2,1-4H3,(H,20,22). The lowest BCUT2D eigenvalue weighted by Gasteiger charge is -2.27. The molecule has 1 saturated carbocycles. The van der Waals surface area contributed by atoms with Gasteiger partial charge >= 0.3 is 0 Å². The van der Waals surface area contributed by atoms with E-state index in [0.29, 0.717) is 17.7 Å². The van der Waals surface area contributed by atoms with Gasteiger partial charge in [-0.15, -0.1) is 11.8 Å². The number of thioether (sulfide) groups is 1. The van der Waals surface area contributed by atoms with Crippen LogP contribution in [0, 0.1) is 12.8 Å². The molecule has 1 aromatic carbocycles. The van der Waals surface area contributed by atoms with Crippen molar-refractivity contribution in [2.24, 2.45) is 5.92 Å². The summed E-state index contributed by atoms with van der Waals surface area (Å²) in [5.74, 6) is 0.863. The van der Waals surface area contributed by atoms with Crippen LogP contribution in [-0.2, 0) is 9.59 Å². The highest BCUT2D eigenvalue weighted by Crippen LogP contribution is 2.29. The summed E-state index contributed by atoms with van der Waals surface area (Å²) in [4.78, 5) is 26.7. The highest BCUT2D eigenvalue weighted by atomic mass is 32.2. The molecule has 1 unspecified atom stereocenters. The van der Waals surface area contributed by atoms with Crippen LogP contribution in [0.15, 0.2) is 24.3 Å². The molecule has 1 fully saturated rings. The highest BCUT2D eigenvalue weighted by molar-refractivity contribution is 8.01. The number of rotatable bonds is 8. The van der Waals surface area contributed by atoms with Gasteiger partial charge in [0.05, 0.1) is 11.0 Å². The van der Waals surface area contributed by atoms with Gasteiger partial charge in [0.15, 0.2) is 0 Å². The monoisotopic (exact) mass is 348 g/mol. The van der Waals surface area contributed by atoms with E-state index < -0.39 is 0 Å². The van der Waals surface area contributed by atoms with Gasteiger partial charge in [0, 0.05) is 18.3 Å². The summed E-state index contributed by atoms with van der Waals surface area (Å²) >= 11 is 1.41. The molecule has 4 nitrogen and oxygen atoms in total. The summed E-state index contributed by atoms with van der Waals surface area (Å²) in [5, 5.41) is 2.69. The van der Waals surface area contributed by atoms with Crippen molar-refractivity contribution >= 4 is 29.3 Å². The molecule has 2 rings (SSSR count). The zero-order valence-electron chi connectivity index (χ0n) is 15.0. The number of hydrogen-bond acceptors (Lipinski definition) is 3. The van der Waals surface area contributed by atoms with E-state index in [1.807, 2.05) is 43.0 Å². The molecule has 5 heteroatoms. The number of anilines is 1. The van der Waals surface area contributed by atoms with Crippen LogP contribution in [0.4, 0.5) is 5.69 Å². The van der Waals surface area contributed by atoms with E-state index in [9.17, 15) is 9.59 Å². The second-order valence-corrected chi connectivity index (χ2v) is 8.31. The van der Waals surface area contributed by atoms with Gasteiger partial charge in [-0.05, 0) is 44.7 Å². The first-order valence-electron chi connectivity index (χ1n) is 8.65. The Labute approximate surface area is 149 Å². The van der Waals surface area contributed by atoms with Crippen LogP contribution in [0.3, 0.4) is 0 Å². The van der Waals surface area contributed by atoms with Crippen molar-refractivity contribution < 1.29 is 9.59 Å². The van der Waals surface area contributed by atoms with Gasteiger partial charge in [0.1, 0.15) is 0 Å². The smallest absolute Gasteiger partial charge is 0.235 e. The largest absolute Gasteiger partial charge is 0.339 e. The molecular formula is C19H28N2O2S. The zero-order chi connectivity index (χ0) is 17.7. The maximum atomic E-state index is 12.6. The van der Waals surface area contributed by atoms with Crippen molar-refractivity contribution in [1.29, 1.82) is 0 Å². The van der Waals surface area contributed by atoms with E-state index in [1.165, 1.54) is 11.8 Å². The van der Waals surface area contributed by atoms with E-state index in [-0.39, 0.29) is 17.1 Å². The van der Waals surface area contributed by atoms with Gasteiger partial charge in [-0.3, -0.25) is 9.59 Å². The fraction of sp³-hybridized carbons (Fsp3) is 0.579. The number of benzene rings is 1. The normalized spacial score (nSPS) is 15.2. The van der Waals surface area contributed by atoms with Crippen molar-refractivity contribution in [2.45, 2.75) is 51.8 Å². The second kappa shape index (κ2) is 8.56. The third kappa shape index (κ3) is 5.86. The van der Waals surface area contributed by atoms with Crippen molar-refractivity contribution in [3.63, 3.8) is 0 Å². The number of carbonyl (C=O) groups is 2. The molecule has 1 aliphatic rings. The lowest BCUT2D eigenvalue weighted by Crippen LogP contribution is -2.40. The number of carbonyl (C=O) groups excluding carboxylic acids is 2. The molecule has 132 valence electrons. The van der Waals surface area contributed by atoms with Crippen LogP contribution >= 0.6 is 11.8 Å². The minimum Gasteiger partial charge on any atom is -0.339 e. The third-order valence-electron chi connectivity index (χ3n) is 3.98. The number of amides is 2. The highest BCUT2D eigenvalue weighted by Gasteiger charge is 2.34. The van der Waals surface area contributed by atoms with Crippen LogP contribution in [-0.4, -0.2) is 40.3 Å². The van der Waals surface area contributed by atoms with Gasteiger partial charge in [0.2, 0.25) is 11.8 Å². The fourth-order valence-electron chi connectivity index (χ4n) is 2.54. The lowest BCUT2D eigenvalue weighted by molar-refractivity contribution is -0.131. The molecule has 24 heavy (non-hydrogen) atoms. The molecule has 0 radical (unpaired) electrons. The Morgan fingerprint density at radius 3 is 2.38 bits per heavy atom. The summed E-state index contributed by atoms with van der Waals surface area (Å²) in [6, 6.07) is 8.14. The first-order valence-corrected chi connectivity index (χ1v) is 9.70. The summed E-state index contributed by atoms with van der Waals surface area (Å²) < 4.78 is 0. The predicted molar refractivity (Wildman–Crippen MR) is 101 cm³/mol. The van der Waals surface area contributed by atoms with Crippen LogP contribution in [0.5, 0.6) is 0 Å². The Hall–Kier alpha value is -1.49. The quantitative estimate of drug-likeness (QED) is 0.779. The number of nitrogens with zero attached hydrogens (tertiary/aromatic N) is 1. The Morgan fingerprint density at radius 1 is 1.21 bits per heavy atom. The fourth-order valence-corrected chi connectivity index (χ4v) is 3.29. The molecule has 2 amide bonds. The first kappa shape index (κ1) is 18.8. The van der Waals surface area contributed by atoms with E-state index in [0.717, 1.165) is 30.6 Å². The zero-order valence-corrected chi connectivity index (χ0v) is 15.9. The summed E-state index contributed by atoms with van der Waals surface area (Å²) in [6.07, 6.45) is 2.23. The van der Waals surface area contributed by atoms with Crippen LogP contribution in [0.25, 0.3) is 0 Å². The number of aryl methyl sites for hydroxylation is 1. The first-order chi connectivity index (χ1) is 11.4. The van der Waals surface area contributed by atoms with Crippen molar-refractivity contribution in [1.82, 2.24) is 4.90 Å². The lowest BCUT2D eigenvalue weighted by atomic mass is 10.2. The number of hydrogen-bond donors (Lipinski definition) is 1. The minimum atomic E-state index is -0.187. The van der Waals surface area contributed by atoms with Gasteiger partial charge in [0.25, 0.3) is 0 Å². The Kier molecular flexibility index (Phi) is 6.72. The molecular weight excluding hydrogens is 320 g/mol. The molecule has 0 spiro atoms. The molecule has 1 N–H and O–H groups in total. The minimum absolute atomic E-state index is 0.0645. The topological polar surface area (TPSA) is 49.4 Å². The van der Waals surface area contributed by atoms with Crippen molar-refractivity contribution in [3.8, 4) is 0 Å². The van der Waals surface area contributed by atoms with Crippen LogP contribution < -0.4 is 5.32 Å². The predicted octanol–water partition coefficient (Wildman–Crippen LogP) is 3.70. The van der Waals surface area contributed by atoms with Gasteiger partial charge in [-0.2, -0.15) is 0 Å². The maximum absolute atomic E-state index is 12.6. The Balaban J connectivity index is 1.80. The second-order valence-electron chi connectivity index (χ2n) is 6.98. The molecule has 0 bridgehead atoms. The molecule has 1 aromatic rings. The Bertz CT molecular complexity index is 567. The van der Waals surface area contributed by atoms with E-state index in [1.54, 1.807) is 0 Å². The average molecular weight is 349 g/mol. The molecule has 0 saturated heterocycles. The van der Waals surface area contributed by atoms with Gasteiger partial charge < -0.3 is 10.2 Å².